The van der Waals surface area contributed by atoms with E-state index in [9.17, 15) is 0 Å². The Labute approximate surface area is 96.4 Å². The Balaban J connectivity index is 2.40. The Morgan fingerprint density at radius 3 is 2.62 bits per heavy atom. The highest BCUT2D eigenvalue weighted by Crippen LogP contribution is 2.36. The minimum atomic E-state index is -0.0510. The quantitative estimate of drug-likeness (QED) is 0.847. The van der Waals surface area contributed by atoms with Crippen LogP contribution >= 0.6 is 0 Å². The van der Waals surface area contributed by atoms with Crippen LogP contribution in [0.1, 0.15) is 39.0 Å². The number of fused-ring (bicyclic) bond motifs is 1. The summed E-state index contributed by atoms with van der Waals surface area (Å²) in [6.07, 6.45) is 1.03. The molecule has 2 nitrogen and oxygen atoms in total. The lowest BCUT2D eigenvalue weighted by Crippen LogP contribution is -2.28. The van der Waals surface area contributed by atoms with Crippen LogP contribution in [-0.2, 0) is 0 Å². The smallest absolute Gasteiger partial charge is 0.134 e. The number of hydrogen-bond donors (Lipinski definition) is 1. The standard InChI is InChI=1S/C14H19NO/c1-4-14(2,3)13(15)12-9-10-7-5-6-8-11(10)16-12/h5-9,13H,4,15H2,1-3H3/t13-/m1/s1. The highest BCUT2D eigenvalue weighted by atomic mass is 16.3. The van der Waals surface area contributed by atoms with E-state index in [4.69, 9.17) is 10.2 Å². The summed E-state index contributed by atoms with van der Waals surface area (Å²) >= 11 is 0. The Bertz CT molecular complexity index is 451. The summed E-state index contributed by atoms with van der Waals surface area (Å²) in [6.45, 7) is 6.50. The molecule has 1 atom stereocenters. The van der Waals surface area contributed by atoms with Gasteiger partial charge in [-0.05, 0) is 24.0 Å². The molecule has 0 aliphatic heterocycles. The van der Waals surface area contributed by atoms with Gasteiger partial charge in [0.15, 0.2) is 0 Å². The molecule has 1 aromatic heterocycles. The number of benzene rings is 1. The van der Waals surface area contributed by atoms with E-state index in [0.717, 1.165) is 23.2 Å². The second-order valence-electron chi connectivity index (χ2n) is 5.01. The van der Waals surface area contributed by atoms with Gasteiger partial charge in [-0.2, -0.15) is 0 Å². The molecule has 2 rings (SSSR count). The number of furan rings is 1. The maximum absolute atomic E-state index is 6.25. The maximum Gasteiger partial charge on any atom is 0.134 e. The van der Waals surface area contributed by atoms with E-state index >= 15 is 0 Å². The van der Waals surface area contributed by atoms with Crippen LogP contribution in [-0.4, -0.2) is 0 Å². The zero-order chi connectivity index (χ0) is 11.8. The summed E-state index contributed by atoms with van der Waals surface area (Å²) in [6, 6.07) is 10.0. The Morgan fingerprint density at radius 1 is 1.31 bits per heavy atom. The molecule has 0 spiro atoms. The van der Waals surface area contributed by atoms with E-state index in [1.807, 2.05) is 24.3 Å². The van der Waals surface area contributed by atoms with Crippen molar-refractivity contribution >= 4 is 11.0 Å². The molecule has 0 saturated carbocycles. The fourth-order valence-electron chi connectivity index (χ4n) is 1.76. The summed E-state index contributed by atoms with van der Waals surface area (Å²) in [4.78, 5) is 0. The van der Waals surface area contributed by atoms with Crippen molar-refractivity contribution in [3.05, 3.63) is 36.1 Å². The number of para-hydroxylation sites is 1. The highest BCUT2D eigenvalue weighted by molar-refractivity contribution is 5.77. The van der Waals surface area contributed by atoms with Gasteiger partial charge in [-0.3, -0.25) is 0 Å². The van der Waals surface area contributed by atoms with Crippen molar-refractivity contribution in [2.45, 2.75) is 33.2 Å². The Morgan fingerprint density at radius 2 is 2.00 bits per heavy atom. The van der Waals surface area contributed by atoms with Gasteiger partial charge in [0, 0.05) is 5.39 Å². The molecule has 1 aromatic carbocycles. The van der Waals surface area contributed by atoms with Gasteiger partial charge in [0.2, 0.25) is 0 Å². The fourth-order valence-corrected chi connectivity index (χ4v) is 1.76. The predicted molar refractivity (Wildman–Crippen MR) is 67.2 cm³/mol. The van der Waals surface area contributed by atoms with Crippen LogP contribution in [0.25, 0.3) is 11.0 Å². The highest BCUT2D eigenvalue weighted by Gasteiger charge is 2.28. The minimum absolute atomic E-state index is 0.0510. The van der Waals surface area contributed by atoms with Crippen molar-refractivity contribution in [1.82, 2.24) is 0 Å². The summed E-state index contributed by atoms with van der Waals surface area (Å²) in [5.74, 6) is 0.882. The zero-order valence-corrected chi connectivity index (χ0v) is 10.2. The Hall–Kier alpha value is -1.28. The first-order valence-corrected chi connectivity index (χ1v) is 5.78. The summed E-state index contributed by atoms with van der Waals surface area (Å²) < 4.78 is 5.79. The molecule has 0 unspecified atom stereocenters. The largest absolute Gasteiger partial charge is 0.459 e. The number of nitrogens with two attached hydrogens (primary N) is 1. The lowest BCUT2D eigenvalue weighted by atomic mass is 9.81. The molecule has 0 amide bonds. The number of hydrogen-bond acceptors (Lipinski definition) is 2. The molecule has 0 saturated heterocycles. The lowest BCUT2D eigenvalue weighted by Gasteiger charge is -2.28. The van der Waals surface area contributed by atoms with E-state index in [1.165, 1.54) is 0 Å². The van der Waals surface area contributed by atoms with Gasteiger partial charge >= 0.3 is 0 Å². The van der Waals surface area contributed by atoms with Crippen LogP contribution in [0.15, 0.2) is 34.7 Å². The SMILES string of the molecule is CCC(C)(C)[C@H](N)c1cc2ccccc2o1. The second kappa shape index (κ2) is 3.95. The van der Waals surface area contributed by atoms with Gasteiger partial charge in [-0.25, -0.2) is 0 Å². The lowest BCUT2D eigenvalue weighted by molar-refractivity contribution is 0.251. The molecule has 2 aromatic rings. The third kappa shape index (κ3) is 1.85. The summed E-state index contributed by atoms with van der Waals surface area (Å²) in [5, 5.41) is 1.12. The van der Waals surface area contributed by atoms with Crippen molar-refractivity contribution in [2.24, 2.45) is 11.1 Å². The first kappa shape index (κ1) is 11.2. The zero-order valence-electron chi connectivity index (χ0n) is 10.2. The van der Waals surface area contributed by atoms with Crippen molar-refractivity contribution < 1.29 is 4.42 Å². The molecule has 0 aliphatic rings. The Kier molecular flexibility index (Phi) is 2.76. The van der Waals surface area contributed by atoms with E-state index in [2.05, 4.69) is 26.8 Å². The van der Waals surface area contributed by atoms with E-state index in [1.54, 1.807) is 0 Å². The first-order valence-electron chi connectivity index (χ1n) is 5.78. The van der Waals surface area contributed by atoms with E-state index in [-0.39, 0.29) is 11.5 Å². The normalized spacial score (nSPS) is 14.2. The number of rotatable bonds is 3. The maximum atomic E-state index is 6.25. The molecule has 0 radical (unpaired) electrons. The van der Waals surface area contributed by atoms with Gasteiger partial charge in [0.1, 0.15) is 11.3 Å². The van der Waals surface area contributed by atoms with Crippen LogP contribution in [0.4, 0.5) is 0 Å². The molecule has 0 bridgehead atoms. The third-order valence-corrected chi connectivity index (χ3v) is 3.50. The average molecular weight is 217 g/mol. The predicted octanol–water partition coefficient (Wildman–Crippen LogP) is 3.87. The summed E-state index contributed by atoms with van der Waals surface area (Å²) in [5.41, 5.74) is 7.23. The van der Waals surface area contributed by atoms with Crippen LogP contribution in [0.2, 0.25) is 0 Å². The average Bonchev–Trinajstić information content (AvgIpc) is 2.71. The van der Waals surface area contributed by atoms with Crippen molar-refractivity contribution in [2.75, 3.05) is 0 Å². The minimum Gasteiger partial charge on any atom is -0.459 e. The third-order valence-electron chi connectivity index (χ3n) is 3.50. The molecule has 0 aliphatic carbocycles. The van der Waals surface area contributed by atoms with Gasteiger partial charge in [0.25, 0.3) is 0 Å². The molecular weight excluding hydrogens is 198 g/mol. The molecule has 2 heteroatoms. The van der Waals surface area contributed by atoms with Crippen LogP contribution in [0, 0.1) is 5.41 Å². The van der Waals surface area contributed by atoms with Gasteiger partial charge in [0.05, 0.1) is 6.04 Å². The molecule has 0 fully saturated rings. The topological polar surface area (TPSA) is 39.2 Å². The molecule has 2 N–H and O–H groups in total. The molecule has 16 heavy (non-hydrogen) atoms. The van der Waals surface area contributed by atoms with E-state index < -0.39 is 0 Å². The first-order chi connectivity index (χ1) is 7.54. The van der Waals surface area contributed by atoms with Gasteiger partial charge in [-0.15, -0.1) is 0 Å². The second-order valence-corrected chi connectivity index (χ2v) is 5.01. The van der Waals surface area contributed by atoms with E-state index in [0.29, 0.717) is 0 Å². The van der Waals surface area contributed by atoms with Crippen LogP contribution in [0.3, 0.4) is 0 Å². The van der Waals surface area contributed by atoms with Crippen LogP contribution < -0.4 is 5.73 Å². The van der Waals surface area contributed by atoms with Gasteiger partial charge in [-0.1, -0.05) is 39.0 Å². The van der Waals surface area contributed by atoms with Crippen molar-refractivity contribution in [1.29, 1.82) is 0 Å². The van der Waals surface area contributed by atoms with Gasteiger partial charge < -0.3 is 10.2 Å². The molecule has 1 heterocycles. The van der Waals surface area contributed by atoms with Crippen molar-refractivity contribution in [3.8, 4) is 0 Å². The summed E-state index contributed by atoms with van der Waals surface area (Å²) in [7, 11) is 0. The molecule has 86 valence electrons. The monoisotopic (exact) mass is 217 g/mol. The van der Waals surface area contributed by atoms with Crippen molar-refractivity contribution in [3.63, 3.8) is 0 Å². The van der Waals surface area contributed by atoms with Crippen LogP contribution in [0.5, 0.6) is 0 Å². The molecular formula is C14H19NO. The fraction of sp³-hybridized carbons (Fsp3) is 0.429.